The number of morpholine rings is 1. The third kappa shape index (κ3) is 8.25. The summed E-state index contributed by atoms with van der Waals surface area (Å²) < 4.78 is 30.4. The van der Waals surface area contributed by atoms with Crippen molar-refractivity contribution in [3.8, 4) is 28.7 Å². The molecule has 12 nitrogen and oxygen atoms in total. The molecule has 228 valence electrons. The van der Waals surface area contributed by atoms with Gasteiger partial charge in [-0.2, -0.15) is 0 Å². The zero-order chi connectivity index (χ0) is 30.9. The lowest BCUT2D eigenvalue weighted by Crippen LogP contribution is -2.37. The number of carboxylic acids is 1. The van der Waals surface area contributed by atoms with Crippen LogP contribution in [-0.4, -0.2) is 87.8 Å². The largest absolute Gasteiger partial charge is 0.504 e. The second-order valence-corrected chi connectivity index (χ2v) is 9.73. The molecule has 0 bridgehead atoms. The van der Waals surface area contributed by atoms with E-state index >= 15 is 0 Å². The van der Waals surface area contributed by atoms with Crippen LogP contribution >= 0.6 is 11.6 Å². The Balaban J connectivity index is 0.000000296. The van der Waals surface area contributed by atoms with Gasteiger partial charge in [0.25, 0.3) is 0 Å². The molecule has 0 aliphatic carbocycles. The van der Waals surface area contributed by atoms with Crippen molar-refractivity contribution in [3.63, 3.8) is 0 Å². The van der Waals surface area contributed by atoms with Crippen molar-refractivity contribution >= 4 is 40.0 Å². The highest BCUT2D eigenvalue weighted by atomic mass is 35.5. The van der Waals surface area contributed by atoms with Crippen molar-refractivity contribution in [1.29, 1.82) is 0 Å². The smallest absolute Gasteiger partial charge is 0.335 e. The van der Waals surface area contributed by atoms with Gasteiger partial charge in [-0.05, 0) is 42.8 Å². The quantitative estimate of drug-likeness (QED) is 0.129. The molecule has 43 heavy (non-hydrogen) atoms. The maximum Gasteiger partial charge on any atom is 0.335 e. The SMILES string of the molecule is COc1cc2ncnc(Nc3ccc(F)c(Cl)c3)c2cc1OCCCN1CCOCC1.O=C(O)c1cc(O)c(O)c(O)c1. The summed E-state index contributed by atoms with van der Waals surface area (Å²) in [7, 11) is 1.60. The van der Waals surface area contributed by atoms with Crippen LogP contribution < -0.4 is 14.8 Å². The third-order valence-electron chi connectivity index (χ3n) is 6.40. The van der Waals surface area contributed by atoms with Gasteiger partial charge < -0.3 is 40.0 Å². The molecule has 4 aromatic rings. The lowest BCUT2D eigenvalue weighted by Gasteiger charge is -2.26. The van der Waals surface area contributed by atoms with Crippen LogP contribution in [0.4, 0.5) is 15.9 Å². The summed E-state index contributed by atoms with van der Waals surface area (Å²) >= 11 is 5.90. The summed E-state index contributed by atoms with van der Waals surface area (Å²) in [4.78, 5) is 21.3. The third-order valence-corrected chi connectivity index (χ3v) is 6.69. The number of nitrogens with zero attached hydrogens (tertiary/aromatic N) is 3. The Morgan fingerprint density at radius 1 is 1.07 bits per heavy atom. The van der Waals surface area contributed by atoms with E-state index in [4.69, 9.17) is 46.2 Å². The van der Waals surface area contributed by atoms with Crippen molar-refractivity contribution in [2.45, 2.75) is 6.42 Å². The zero-order valence-corrected chi connectivity index (χ0v) is 23.8. The second-order valence-electron chi connectivity index (χ2n) is 9.32. The maximum absolute atomic E-state index is 13.5. The number of rotatable bonds is 9. The van der Waals surface area contributed by atoms with Gasteiger partial charge in [0, 0.05) is 36.8 Å². The van der Waals surface area contributed by atoms with Crippen molar-refractivity contribution in [2.24, 2.45) is 0 Å². The van der Waals surface area contributed by atoms with E-state index in [2.05, 4.69) is 20.2 Å². The van der Waals surface area contributed by atoms with Crippen LogP contribution in [0, 0.1) is 5.82 Å². The molecule has 0 atom stereocenters. The molecule has 1 saturated heterocycles. The number of aromatic nitrogens is 2. The number of benzene rings is 3. The van der Waals surface area contributed by atoms with Gasteiger partial charge in [0.05, 0.1) is 43.0 Å². The minimum atomic E-state index is -1.29. The van der Waals surface area contributed by atoms with Crippen LogP contribution in [0.3, 0.4) is 0 Å². The molecule has 1 aliphatic rings. The summed E-state index contributed by atoms with van der Waals surface area (Å²) in [5.74, 6) is -2.02. The average Bonchev–Trinajstić information content (AvgIpc) is 3.00. The Hall–Kier alpha value is -4.59. The number of aromatic hydroxyl groups is 3. The van der Waals surface area contributed by atoms with E-state index in [1.54, 1.807) is 13.2 Å². The maximum atomic E-state index is 13.5. The van der Waals surface area contributed by atoms with Gasteiger partial charge in [-0.15, -0.1) is 0 Å². The molecule has 5 rings (SSSR count). The van der Waals surface area contributed by atoms with Crippen LogP contribution in [0.15, 0.2) is 48.8 Å². The normalized spacial score (nSPS) is 13.2. The standard InChI is InChI=1S/C22H24ClFN4O3.C7H6O5/c1-29-20-13-19-16(12-21(20)31-8-2-5-28-6-9-30-10-7-28)22(26-14-25-19)27-15-3-4-18(24)17(23)11-15;8-4-1-3(7(11)12)2-5(9)6(4)10/h3-4,11-14H,2,5-10H2,1H3,(H,25,26,27);1-2,8-10H,(H,11,12). The summed E-state index contributed by atoms with van der Waals surface area (Å²) in [5, 5.41) is 38.9. The van der Waals surface area contributed by atoms with Crippen LogP contribution in [0.1, 0.15) is 16.8 Å². The van der Waals surface area contributed by atoms with Crippen molar-refractivity contribution in [1.82, 2.24) is 14.9 Å². The number of aromatic carboxylic acids is 1. The first-order valence-corrected chi connectivity index (χ1v) is 13.5. The van der Waals surface area contributed by atoms with Gasteiger partial charge >= 0.3 is 5.97 Å². The Morgan fingerprint density at radius 2 is 1.79 bits per heavy atom. The second kappa shape index (κ2) is 14.5. The van der Waals surface area contributed by atoms with Gasteiger partial charge in [0.15, 0.2) is 28.7 Å². The molecule has 1 aromatic heterocycles. The summed E-state index contributed by atoms with van der Waals surface area (Å²) in [6.07, 6.45) is 2.35. The Kier molecular flexibility index (Phi) is 10.6. The van der Waals surface area contributed by atoms with Crippen molar-refractivity contribution in [2.75, 3.05) is 51.9 Å². The van der Waals surface area contributed by atoms with Crippen LogP contribution in [0.25, 0.3) is 10.9 Å². The molecule has 5 N–H and O–H groups in total. The fraction of sp³-hybridized carbons (Fsp3) is 0.276. The zero-order valence-electron chi connectivity index (χ0n) is 23.1. The Bertz CT molecular complexity index is 1560. The highest BCUT2D eigenvalue weighted by Gasteiger charge is 2.14. The summed E-state index contributed by atoms with van der Waals surface area (Å²) in [6.45, 7) is 5.00. The lowest BCUT2D eigenvalue weighted by atomic mass is 10.2. The fourth-order valence-corrected chi connectivity index (χ4v) is 4.35. The topological polar surface area (TPSA) is 167 Å². The van der Waals surface area contributed by atoms with E-state index in [0.29, 0.717) is 35.1 Å². The number of methoxy groups -OCH3 is 1. The predicted molar refractivity (Wildman–Crippen MR) is 157 cm³/mol. The first-order chi connectivity index (χ1) is 20.7. The van der Waals surface area contributed by atoms with Gasteiger partial charge in [0.2, 0.25) is 0 Å². The number of hydrogen-bond donors (Lipinski definition) is 5. The number of phenolic OH excluding ortho intramolecular Hbond substituents is 3. The van der Waals surface area contributed by atoms with Crippen LogP contribution in [0.5, 0.6) is 28.7 Å². The molecule has 0 amide bonds. The van der Waals surface area contributed by atoms with E-state index in [9.17, 15) is 9.18 Å². The Morgan fingerprint density at radius 3 is 2.44 bits per heavy atom. The number of phenols is 3. The first-order valence-electron chi connectivity index (χ1n) is 13.1. The van der Waals surface area contributed by atoms with E-state index < -0.39 is 29.0 Å². The molecule has 0 radical (unpaired) electrons. The summed E-state index contributed by atoms with van der Waals surface area (Å²) in [6, 6.07) is 9.78. The van der Waals surface area contributed by atoms with E-state index in [1.807, 2.05) is 12.1 Å². The monoisotopic (exact) mass is 616 g/mol. The number of hydrogen-bond acceptors (Lipinski definition) is 11. The van der Waals surface area contributed by atoms with Crippen LogP contribution in [0.2, 0.25) is 5.02 Å². The molecule has 2 heterocycles. The van der Waals surface area contributed by atoms with Crippen LogP contribution in [-0.2, 0) is 4.74 Å². The molecule has 1 fully saturated rings. The first kappa shape index (κ1) is 31.3. The number of ether oxygens (including phenoxy) is 3. The molecule has 14 heteroatoms. The van der Waals surface area contributed by atoms with E-state index in [0.717, 1.165) is 56.8 Å². The van der Waals surface area contributed by atoms with Gasteiger partial charge in [-0.25, -0.2) is 19.2 Å². The highest BCUT2D eigenvalue weighted by Crippen LogP contribution is 2.36. The number of carbonyl (C=O) groups is 1. The molecule has 3 aromatic carbocycles. The molecule has 1 aliphatic heterocycles. The van der Waals surface area contributed by atoms with Gasteiger partial charge in [0.1, 0.15) is 18.0 Å². The molecular weight excluding hydrogens is 587 g/mol. The number of nitrogens with one attached hydrogen (secondary N) is 1. The number of carboxylic acid groups (broad SMARTS) is 1. The predicted octanol–water partition coefficient (Wildman–Crippen LogP) is 4.78. The number of anilines is 2. The molecule has 0 saturated carbocycles. The lowest BCUT2D eigenvalue weighted by molar-refractivity contribution is 0.0357. The number of fused-ring (bicyclic) bond motifs is 1. The average molecular weight is 617 g/mol. The minimum absolute atomic E-state index is 0.0364. The van der Waals surface area contributed by atoms with E-state index in [1.165, 1.54) is 18.5 Å². The highest BCUT2D eigenvalue weighted by molar-refractivity contribution is 6.31. The molecule has 0 unspecified atom stereocenters. The van der Waals surface area contributed by atoms with Crippen molar-refractivity contribution in [3.05, 3.63) is 65.2 Å². The molecule has 0 spiro atoms. The van der Waals surface area contributed by atoms with E-state index in [-0.39, 0.29) is 10.6 Å². The van der Waals surface area contributed by atoms with Gasteiger partial charge in [-0.1, -0.05) is 11.6 Å². The molecular formula is C29H30ClFN4O8. The van der Waals surface area contributed by atoms with Gasteiger partial charge in [-0.3, -0.25) is 4.90 Å². The minimum Gasteiger partial charge on any atom is -0.504 e. The summed E-state index contributed by atoms with van der Waals surface area (Å²) in [5.41, 5.74) is 1.03. The Labute approximate surface area is 250 Å². The fourth-order valence-electron chi connectivity index (χ4n) is 4.17. The van der Waals surface area contributed by atoms with Crippen molar-refractivity contribution < 1.29 is 43.8 Å². The number of halogens is 2.